The first kappa shape index (κ1) is 18.2. The molecule has 0 aliphatic rings. The molecule has 3 rings (SSSR count). The van der Waals surface area contributed by atoms with Gasteiger partial charge in [0.25, 0.3) is 0 Å². The van der Waals surface area contributed by atoms with Gasteiger partial charge in [-0.3, -0.25) is 0 Å². The molecule has 0 saturated carbocycles. The highest BCUT2D eigenvalue weighted by Crippen LogP contribution is 2.40. The van der Waals surface area contributed by atoms with Crippen molar-refractivity contribution in [3.05, 3.63) is 69.5 Å². The van der Waals surface area contributed by atoms with E-state index < -0.39 is 28.7 Å². The molecule has 0 saturated heterocycles. The summed E-state index contributed by atoms with van der Waals surface area (Å²) in [7, 11) is 0. The van der Waals surface area contributed by atoms with Crippen molar-refractivity contribution >= 4 is 29.2 Å². The van der Waals surface area contributed by atoms with E-state index in [0.29, 0.717) is 21.8 Å². The summed E-state index contributed by atoms with van der Waals surface area (Å²) < 4.78 is 29.2. The Labute approximate surface area is 157 Å². The van der Waals surface area contributed by atoms with Crippen LogP contribution in [-0.4, -0.2) is 21.3 Å². The molecule has 0 aliphatic carbocycles. The van der Waals surface area contributed by atoms with Gasteiger partial charge in [-0.2, -0.15) is 5.10 Å². The molecule has 0 spiro atoms. The SMILES string of the molecule is Cc1nnc(Cl)c(-c2c(F)cc(C(=O)O)cc2F)c1-c1ccc(Cl)cc1. The van der Waals surface area contributed by atoms with Crippen LogP contribution in [0.1, 0.15) is 16.1 Å². The largest absolute Gasteiger partial charge is 0.478 e. The molecule has 4 nitrogen and oxygen atoms in total. The van der Waals surface area contributed by atoms with Gasteiger partial charge in [0.2, 0.25) is 0 Å². The summed E-state index contributed by atoms with van der Waals surface area (Å²) in [6, 6.07) is 8.03. The second kappa shape index (κ2) is 6.97. The number of aromatic carboxylic acids is 1. The first-order chi connectivity index (χ1) is 12.3. The van der Waals surface area contributed by atoms with Crippen LogP contribution in [-0.2, 0) is 0 Å². The second-order valence-electron chi connectivity index (χ2n) is 5.45. The van der Waals surface area contributed by atoms with Crippen molar-refractivity contribution in [2.24, 2.45) is 0 Å². The van der Waals surface area contributed by atoms with Gasteiger partial charge in [-0.05, 0) is 36.8 Å². The smallest absolute Gasteiger partial charge is 0.335 e. The van der Waals surface area contributed by atoms with Crippen molar-refractivity contribution in [1.29, 1.82) is 0 Å². The number of nitrogens with zero attached hydrogens (tertiary/aromatic N) is 2. The fourth-order valence-electron chi connectivity index (χ4n) is 2.64. The Balaban J connectivity index is 2.35. The summed E-state index contributed by atoms with van der Waals surface area (Å²) in [5.74, 6) is -3.57. The van der Waals surface area contributed by atoms with Crippen LogP contribution >= 0.6 is 23.2 Å². The van der Waals surface area contributed by atoms with Crippen LogP contribution in [0.3, 0.4) is 0 Å². The molecule has 0 amide bonds. The Morgan fingerprint density at radius 1 is 0.962 bits per heavy atom. The minimum atomic E-state index is -1.44. The maximum absolute atomic E-state index is 14.6. The summed E-state index contributed by atoms with van der Waals surface area (Å²) in [6.07, 6.45) is 0. The van der Waals surface area contributed by atoms with Gasteiger partial charge in [0.15, 0.2) is 5.15 Å². The Hall–Kier alpha value is -2.57. The van der Waals surface area contributed by atoms with Gasteiger partial charge in [0.05, 0.1) is 16.8 Å². The van der Waals surface area contributed by atoms with Crippen LogP contribution in [0.15, 0.2) is 36.4 Å². The average molecular weight is 395 g/mol. The van der Waals surface area contributed by atoms with E-state index in [1.165, 1.54) is 0 Å². The first-order valence-electron chi connectivity index (χ1n) is 7.31. The molecule has 0 radical (unpaired) electrons. The third-order valence-corrected chi connectivity index (χ3v) is 4.29. The van der Waals surface area contributed by atoms with Crippen molar-refractivity contribution in [3.8, 4) is 22.3 Å². The lowest BCUT2D eigenvalue weighted by Crippen LogP contribution is -2.04. The lowest BCUT2D eigenvalue weighted by atomic mass is 9.93. The Bertz CT molecular complexity index is 1000. The lowest BCUT2D eigenvalue weighted by Gasteiger charge is -2.15. The number of benzene rings is 2. The number of hydrogen-bond donors (Lipinski definition) is 1. The highest BCUT2D eigenvalue weighted by molar-refractivity contribution is 6.33. The van der Waals surface area contributed by atoms with Crippen molar-refractivity contribution in [2.45, 2.75) is 6.92 Å². The van der Waals surface area contributed by atoms with Crippen LogP contribution in [0, 0.1) is 18.6 Å². The van der Waals surface area contributed by atoms with Gasteiger partial charge in [-0.25, -0.2) is 13.6 Å². The molecule has 8 heteroatoms. The quantitative estimate of drug-likeness (QED) is 0.645. The van der Waals surface area contributed by atoms with E-state index in [9.17, 15) is 13.6 Å². The van der Waals surface area contributed by atoms with Gasteiger partial charge in [-0.15, -0.1) is 5.10 Å². The molecule has 0 fully saturated rings. The zero-order valence-corrected chi connectivity index (χ0v) is 14.7. The van der Waals surface area contributed by atoms with Crippen molar-refractivity contribution in [3.63, 3.8) is 0 Å². The van der Waals surface area contributed by atoms with Crippen molar-refractivity contribution < 1.29 is 18.7 Å². The highest BCUT2D eigenvalue weighted by atomic mass is 35.5. The number of halogens is 4. The minimum absolute atomic E-state index is 0.00609. The van der Waals surface area contributed by atoms with Gasteiger partial charge in [0.1, 0.15) is 11.6 Å². The van der Waals surface area contributed by atoms with Crippen LogP contribution in [0.4, 0.5) is 8.78 Å². The predicted octanol–water partition coefficient (Wildman–Crippen LogP) is 5.40. The van der Waals surface area contributed by atoms with Gasteiger partial charge in [0, 0.05) is 16.1 Å². The summed E-state index contributed by atoms with van der Waals surface area (Å²) in [4.78, 5) is 11.0. The van der Waals surface area contributed by atoms with Crippen molar-refractivity contribution in [2.75, 3.05) is 0 Å². The maximum Gasteiger partial charge on any atom is 0.335 e. The molecule has 0 atom stereocenters. The minimum Gasteiger partial charge on any atom is -0.478 e. The Morgan fingerprint density at radius 2 is 1.54 bits per heavy atom. The zero-order chi connectivity index (χ0) is 19.0. The van der Waals surface area contributed by atoms with Crippen LogP contribution < -0.4 is 0 Å². The monoisotopic (exact) mass is 394 g/mol. The fraction of sp³-hybridized carbons (Fsp3) is 0.0556. The second-order valence-corrected chi connectivity index (χ2v) is 6.25. The normalized spacial score (nSPS) is 10.8. The number of hydrogen-bond acceptors (Lipinski definition) is 3. The van der Waals surface area contributed by atoms with E-state index in [0.717, 1.165) is 12.1 Å². The van der Waals surface area contributed by atoms with E-state index in [4.69, 9.17) is 28.3 Å². The summed E-state index contributed by atoms with van der Waals surface area (Å²) in [5, 5.41) is 16.9. The standard InChI is InChI=1S/C18H10Cl2F2N2O2/c1-8-14(9-2-4-11(19)5-3-9)16(17(20)24-23-8)15-12(21)6-10(18(25)26)7-13(15)22/h2-7H,1H3,(H,25,26). The highest BCUT2D eigenvalue weighted by Gasteiger charge is 2.24. The number of carboxylic acid groups (broad SMARTS) is 1. The van der Waals surface area contributed by atoms with E-state index in [1.807, 2.05) is 0 Å². The third-order valence-electron chi connectivity index (χ3n) is 3.78. The molecule has 1 aromatic heterocycles. The first-order valence-corrected chi connectivity index (χ1v) is 8.06. The molecule has 0 unspecified atom stereocenters. The molecule has 1 N–H and O–H groups in total. The lowest BCUT2D eigenvalue weighted by molar-refractivity contribution is 0.0696. The zero-order valence-electron chi connectivity index (χ0n) is 13.2. The number of aryl methyl sites for hydroxylation is 1. The van der Waals surface area contributed by atoms with Gasteiger partial charge in [-0.1, -0.05) is 35.3 Å². The molecule has 0 aliphatic heterocycles. The molecular weight excluding hydrogens is 385 g/mol. The van der Waals surface area contributed by atoms with Crippen LogP contribution in [0.5, 0.6) is 0 Å². The van der Waals surface area contributed by atoms with Crippen molar-refractivity contribution in [1.82, 2.24) is 10.2 Å². The molecular formula is C18H10Cl2F2N2O2. The number of carbonyl (C=O) groups is 1. The maximum atomic E-state index is 14.6. The Morgan fingerprint density at radius 3 is 2.08 bits per heavy atom. The molecule has 3 aromatic rings. The fourth-order valence-corrected chi connectivity index (χ4v) is 2.99. The van der Waals surface area contributed by atoms with E-state index in [2.05, 4.69) is 10.2 Å². The van der Waals surface area contributed by atoms with Gasteiger partial charge < -0.3 is 5.11 Å². The van der Waals surface area contributed by atoms with E-state index in [1.54, 1.807) is 31.2 Å². The van der Waals surface area contributed by atoms with E-state index in [-0.39, 0.29) is 10.7 Å². The third kappa shape index (κ3) is 3.25. The number of rotatable bonds is 3. The predicted molar refractivity (Wildman–Crippen MR) is 94.5 cm³/mol. The van der Waals surface area contributed by atoms with Crippen LogP contribution in [0.2, 0.25) is 10.2 Å². The summed E-state index contributed by atoms with van der Waals surface area (Å²) >= 11 is 12.0. The molecule has 1 heterocycles. The molecule has 2 aromatic carbocycles. The molecule has 26 heavy (non-hydrogen) atoms. The summed E-state index contributed by atoms with van der Waals surface area (Å²) in [6.45, 7) is 1.62. The molecule has 0 bridgehead atoms. The number of carboxylic acids is 1. The van der Waals surface area contributed by atoms with Crippen LogP contribution in [0.25, 0.3) is 22.3 Å². The Kier molecular flexibility index (Phi) is 4.89. The van der Waals surface area contributed by atoms with Gasteiger partial charge >= 0.3 is 5.97 Å². The van der Waals surface area contributed by atoms with E-state index >= 15 is 0 Å². The molecule has 132 valence electrons. The average Bonchev–Trinajstić information content (AvgIpc) is 2.58. The number of aromatic nitrogens is 2. The summed E-state index contributed by atoms with van der Waals surface area (Å²) in [5.41, 5.74) is 0.373. The topological polar surface area (TPSA) is 63.1 Å².